The van der Waals surface area contributed by atoms with Crippen LogP contribution in [0.1, 0.15) is 25.8 Å². The standard InChI is InChI=1S/C14H14O3/c1-14(2)8-7-9-3-5-11-10(13(9)17-14)4-6-12(15)16-11/h3-6H,7-8H2,1-2H3. The molecule has 0 fully saturated rings. The number of ether oxygens (including phenoxy) is 1. The number of benzene rings is 1. The molecule has 1 aliphatic rings. The molecule has 0 saturated carbocycles. The van der Waals surface area contributed by atoms with Gasteiger partial charge in [0.25, 0.3) is 0 Å². The van der Waals surface area contributed by atoms with Crippen LogP contribution in [-0.2, 0) is 6.42 Å². The summed E-state index contributed by atoms with van der Waals surface area (Å²) in [6.45, 7) is 4.15. The Labute approximate surface area is 99.0 Å². The molecule has 0 aliphatic carbocycles. The maximum atomic E-state index is 11.2. The molecule has 0 N–H and O–H groups in total. The highest BCUT2D eigenvalue weighted by Crippen LogP contribution is 2.38. The molecule has 0 spiro atoms. The van der Waals surface area contributed by atoms with Crippen molar-refractivity contribution < 1.29 is 9.15 Å². The van der Waals surface area contributed by atoms with Crippen molar-refractivity contribution in [1.82, 2.24) is 0 Å². The lowest BCUT2D eigenvalue weighted by atomic mass is 9.93. The monoisotopic (exact) mass is 230 g/mol. The first kappa shape index (κ1) is 10.4. The van der Waals surface area contributed by atoms with E-state index >= 15 is 0 Å². The average Bonchev–Trinajstić information content (AvgIpc) is 2.27. The molecule has 0 unspecified atom stereocenters. The molecular formula is C14H14O3. The molecule has 0 saturated heterocycles. The molecule has 0 atom stereocenters. The fraction of sp³-hybridized carbons (Fsp3) is 0.357. The lowest BCUT2D eigenvalue weighted by Gasteiger charge is -2.33. The first-order chi connectivity index (χ1) is 8.05. The van der Waals surface area contributed by atoms with E-state index in [2.05, 4.69) is 13.8 Å². The molecular weight excluding hydrogens is 216 g/mol. The smallest absolute Gasteiger partial charge is 0.336 e. The third kappa shape index (κ3) is 1.71. The molecule has 1 aromatic heterocycles. The third-order valence-electron chi connectivity index (χ3n) is 3.21. The van der Waals surface area contributed by atoms with E-state index < -0.39 is 0 Å². The maximum absolute atomic E-state index is 11.2. The van der Waals surface area contributed by atoms with E-state index in [9.17, 15) is 4.79 Å². The van der Waals surface area contributed by atoms with Crippen LogP contribution >= 0.6 is 0 Å². The molecule has 0 amide bonds. The molecule has 0 bridgehead atoms. The molecule has 3 nitrogen and oxygen atoms in total. The minimum Gasteiger partial charge on any atom is -0.487 e. The summed E-state index contributed by atoms with van der Waals surface area (Å²) in [6.07, 6.45) is 2.00. The van der Waals surface area contributed by atoms with E-state index in [1.165, 1.54) is 11.6 Å². The van der Waals surface area contributed by atoms with Crippen LogP contribution in [-0.4, -0.2) is 5.60 Å². The Hall–Kier alpha value is -1.77. The molecule has 0 radical (unpaired) electrons. The Balaban J connectivity index is 2.28. The van der Waals surface area contributed by atoms with Crippen molar-refractivity contribution in [3.8, 4) is 5.75 Å². The zero-order chi connectivity index (χ0) is 12.0. The molecule has 3 heteroatoms. The maximum Gasteiger partial charge on any atom is 0.336 e. The number of rotatable bonds is 0. The predicted molar refractivity (Wildman–Crippen MR) is 65.5 cm³/mol. The summed E-state index contributed by atoms with van der Waals surface area (Å²) in [5.41, 5.74) is 1.30. The quantitative estimate of drug-likeness (QED) is 0.653. The van der Waals surface area contributed by atoms with Gasteiger partial charge in [0, 0.05) is 6.07 Å². The summed E-state index contributed by atoms with van der Waals surface area (Å²) in [5.74, 6) is 0.863. The van der Waals surface area contributed by atoms with Gasteiger partial charge in [-0.2, -0.15) is 0 Å². The van der Waals surface area contributed by atoms with Gasteiger partial charge >= 0.3 is 5.63 Å². The number of fused-ring (bicyclic) bond motifs is 3. The normalized spacial score (nSPS) is 17.5. The zero-order valence-electron chi connectivity index (χ0n) is 9.95. The van der Waals surface area contributed by atoms with Gasteiger partial charge in [-0.25, -0.2) is 4.79 Å². The SMILES string of the molecule is CC1(C)CCc2ccc3oc(=O)ccc3c2O1. The van der Waals surface area contributed by atoms with Gasteiger partial charge in [0.1, 0.15) is 16.9 Å². The van der Waals surface area contributed by atoms with E-state index in [0.29, 0.717) is 5.58 Å². The van der Waals surface area contributed by atoms with E-state index in [4.69, 9.17) is 9.15 Å². The molecule has 88 valence electrons. The second kappa shape index (κ2) is 3.36. The lowest BCUT2D eigenvalue weighted by molar-refractivity contribution is 0.0867. The Morgan fingerprint density at radius 2 is 2.00 bits per heavy atom. The van der Waals surface area contributed by atoms with Crippen molar-refractivity contribution in [3.05, 3.63) is 40.2 Å². The second-order valence-corrected chi connectivity index (χ2v) is 5.08. The van der Waals surface area contributed by atoms with Gasteiger partial charge in [-0.05, 0) is 44.4 Å². The van der Waals surface area contributed by atoms with Crippen molar-refractivity contribution in [1.29, 1.82) is 0 Å². The van der Waals surface area contributed by atoms with Crippen LogP contribution in [0.4, 0.5) is 0 Å². The summed E-state index contributed by atoms with van der Waals surface area (Å²) in [6, 6.07) is 7.04. The van der Waals surface area contributed by atoms with E-state index in [0.717, 1.165) is 24.0 Å². The van der Waals surface area contributed by atoms with Crippen LogP contribution in [0.5, 0.6) is 5.75 Å². The van der Waals surface area contributed by atoms with E-state index in [-0.39, 0.29) is 11.2 Å². The number of hydrogen-bond acceptors (Lipinski definition) is 3. The van der Waals surface area contributed by atoms with Gasteiger partial charge in [0.05, 0.1) is 5.39 Å². The van der Waals surface area contributed by atoms with Gasteiger partial charge in [-0.3, -0.25) is 0 Å². The van der Waals surface area contributed by atoms with Crippen molar-refractivity contribution in [2.45, 2.75) is 32.3 Å². The van der Waals surface area contributed by atoms with Crippen LogP contribution in [0, 0.1) is 0 Å². The van der Waals surface area contributed by atoms with Crippen LogP contribution < -0.4 is 10.4 Å². The molecule has 2 aromatic rings. The van der Waals surface area contributed by atoms with Crippen LogP contribution in [0.2, 0.25) is 0 Å². The largest absolute Gasteiger partial charge is 0.487 e. The van der Waals surface area contributed by atoms with Gasteiger partial charge in [0.15, 0.2) is 0 Å². The summed E-state index contributed by atoms with van der Waals surface area (Å²) in [4.78, 5) is 11.2. The van der Waals surface area contributed by atoms with Crippen LogP contribution in [0.3, 0.4) is 0 Å². The first-order valence-corrected chi connectivity index (χ1v) is 5.80. The van der Waals surface area contributed by atoms with Crippen LogP contribution in [0.25, 0.3) is 11.0 Å². The second-order valence-electron chi connectivity index (χ2n) is 5.08. The summed E-state index contributed by atoms with van der Waals surface area (Å²) in [5, 5.41) is 0.884. The molecule has 1 aliphatic heterocycles. The van der Waals surface area contributed by atoms with Crippen molar-refractivity contribution >= 4 is 11.0 Å². The lowest BCUT2D eigenvalue weighted by Crippen LogP contribution is -2.32. The highest BCUT2D eigenvalue weighted by molar-refractivity contribution is 5.85. The molecule has 3 rings (SSSR count). The van der Waals surface area contributed by atoms with E-state index in [1.54, 1.807) is 6.07 Å². The Morgan fingerprint density at radius 3 is 2.82 bits per heavy atom. The third-order valence-corrected chi connectivity index (χ3v) is 3.21. The van der Waals surface area contributed by atoms with Crippen molar-refractivity contribution in [3.63, 3.8) is 0 Å². The predicted octanol–water partition coefficient (Wildman–Crippen LogP) is 2.90. The van der Waals surface area contributed by atoms with Gasteiger partial charge < -0.3 is 9.15 Å². The minimum atomic E-state index is -0.326. The molecule has 17 heavy (non-hydrogen) atoms. The number of aryl methyl sites for hydroxylation is 1. The summed E-state index contributed by atoms with van der Waals surface area (Å²) in [7, 11) is 0. The topological polar surface area (TPSA) is 39.4 Å². The Bertz CT molecular complexity index is 637. The zero-order valence-corrected chi connectivity index (χ0v) is 9.95. The van der Waals surface area contributed by atoms with Gasteiger partial charge in [-0.15, -0.1) is 0 Å². The minimum absolute atomic E-state index is 0.155. The summed E-state index contributed by atoms with van der Waals surface area (Å²) < 4.78 is 11.2. The first-order valence-electron chi connectivity index (χ1n) is 5.80. The fourth-order valence-corrected chi connectivity index (χ4v) is 2.25. The summed E-state index contributed by atoms with van der Waals surface area (Å²) >= 11 is 0. The van der Waals surface area contributed by atoms with Crippen LogP contribution in [0.15, 0.2) is 33.5 Å². The average molecular weight is 230 g/mol. The Kier molecular flexibility index (Phi) is 2.05. The van der Waals surface area contributed by atoms with E-state index in [1.807, 2.05) is 12.1 Å². The fourth-order valence-electron chi connectivity index (χ4n) is 2.25. The van der Waals surface area contributed by atoms with Gasteiger partial charge in [-0.1, -0.05) is 6.07 Å². The highest BCUT2D eigenvalue weighted by Gasteiger charge is 2.28. The highest BCUT2D eigenvalue weighted by atomic mass is 16.5. The molecule has 2 heterocycles. The van der Waals surface area contributed by atoms with Crippen molar-refractivity contribution in [2.75, 3.05) is 0 Å². The van der Waals surface area contributed by atoms with Crippen molar-refractivity contribution in [2.24, 2.45) is 0 Å². The number of hydrogen-bond donors (Lipinski definition) is 0. The molecule has 1 aromatic carbocycles. The Morgan fingerprint density at radius 1 is 1.18 bits per heavy atom. The van der Waals surface area contributed by atoms with Gasteiger partial charge in [0.2, 0.25) is 0 Å².